The molecule has 122 valence electrons. The van der Waals surface area contributed by atoms with Crippen molar-refractivity contribution < 1.29 is 9.90 Å². The van der Waals surface area contributed by atoms with Crippen molar-refractivity contribution in [2.45, 2.75) is 40.0 Å². The smallest absolute Gasteiger partial charge is 0.231 e. The Hall–Kier alpha value is -2.29. The lowest BCUT2D eigenvalue weighted by Crippen LogP contribution is -2.19. The van der Waals surface area contributed by atoms with Crippen LogP contribution in [-0.4, -0.2) is 11.0 Å². The highest BCUT2D eigenvalue weighted by Gasteiger charge is 2.16. The third-order valence-electron chi connectivity index (χ3n) is 3.98. The van der Waals surface area contributed by atoms with Gasteiger partial charge in [0.05, 0.1) is 5.92 Å². The van der Waals surface area contributed by atoms with E-state index >= 15 is 0 Å². The van der Waals surface area contributed by atoms with E-state index in [2.05, 4.69) is 31.3 Å². The molecule has 2 N–H and O–H groups in total. The molecule has 0 aliphatic heterocycles. The monoisotopic (exact) mass is 311 g/mol. The number of amides is 1. The van der Waals surface area contributed by atoms with Crippen LogP contribution in [0.3, 0.4) is 0 Å². The molecule has 0 aromatic heterocycles. The van der Waals surface area contributed by atoms with Crippen molar-refractivity contribution in [2.75, 3.05) is 5.32 Å². The minimum atomic E-state index is -0.226. The van der Waals surface area contributed by atoms with Crippen LogP contribution in [0.5, 0.6) is 5.75 Å². The Morgan fingerprint density at radius 2 is 1.74 bits per heavy atom. The molecule has 0 saturated carbocycles. The minimum Gasteiger partial charge on any atom is -0.508 e. The predicted molar refractivity (Wildman–Crippen MR) is 94.9 cm³/mol. The van der Waals surface area contributed by atoms with E-state index in [4.69, 9.17) is 0 Å². The molecule has 0 heterocycles. The topological polar surface area (TPSA) is 49.3 Å². The second-order valence-corrected chi connectivity index (χ2v) is 6.55. The number of aryl methyl sites for hydroxylation is 1. The summed E-state index contributed by atoms with van der Waals surface area (Å²) < 4.78 is 0. The lowest BCUT2D eigenvalue weighted by Gasteiger charge is -2.15. The van der Waals surface area contributed by atoms with E-state index in [0.717, 1.165) is 23.2 Å². The largest absolute Gasteiger partial charge is 0.508 e. The van der Waals surface area contributed by atoms with Crippen molar-refractivity contribution in [1.29, 1.82) is 0 Å². The molecule has 0 spiro atoms. The maximum atomic E-state index is 12.4. The molecule has 1 amide bonds. The summed E-state index contributed by atoms with van der Waals surface area (Å²) in [4.78, 5) is 12.4. The van der Waals surface area contributed by atoms with Gasteiger partial charge in [-0.25, -0.2) is 0 Å². The Bertz CT molecular complexity index is 675. The van der Waals surface area contributed by atoms with Gasteiger partial charge < -0.3 is 10.4 Å². The van der Waals surface area contributed by atoms with Gasteiger partial charge in [-0.05, 0) is 61.1 Å². The Kier molecular flexibility index (Phi) is 5.43. The number of carbonyl (C=O) groups excluding carboxylic acids is 1. The number of hydrogen-bond donors (Lipinski definition) is 2. The molecular formula is C20H25NO2. The molecule has 0 unspecified atom stereocenters. The van der Waals surface area contributed by atoms with Crippen LogP contribution in [0.2, 0.25) is 0 Å². The third kappa shape index (κ3) is 4.59. The quantitative estimate of drug-likeness (QED) is 0.790. The average Bonchev–Trinajstić information content (AvgIpc) is 2.49. The van der Waals surface area contributed by atoms with Gasteiger partial charge >= 0.3 is 0 Å². The molecule has 0 radical (unpaired) electrons. The van der Waals surface area contributed by atoms with Crippen molar-refractivity contribution in [2.24, 2.45) is 5.92 Å². The predicted octanol–water partition coefficient (Wildman–Crippen LogP) is 4.64. The van der Waals surface area contributed by atoms with E-state index in [1.54, 1.807) is 18.2 Å². The molecule has 23 heavy (non-hydrogen) atoms. The number of nitrogens with one attached hydrogen (secondary N) is 1. The molecule has 3 heteroatoms. The zero-order valence-electron chi connectivity index (χ0n) is 14.3. The maximum Gasteiger partial charge on any atom is 0.231 e. The summed E-state index contributed by atoms with van der Waals surface area (Å²) in [5.41, 5.74) is 3.88. The highest BCUT2D eigenvalue weighted by Crippen LogP contribution is 2.23. The standard InChI is InChI=1S/C20H25NO2/c1-13(2)11-16-5-7-17(8-6-16)15(4)20(23)21-19-10-9-18(22)12-14(19)3/h5-10,12-13,15,22H,11H2,1-4H3,(H,21,23)/t15-/m0/s1. The zero-order chi connectivity index (χ0) is 17.0. The molecule has 3 nitrogen and oxygen atoms in total. The molecule has 0 aliphatic carbocycles. The number of phenolic OH excluding ortho intramolecular Hbond substituents is 1. The molecule has 0 bridgehead atoms. The number of carbonyl (C=O) groups is 1. The van der Waals surface area contributed by atoms with E-state index < -0.39 is 0 Å². The first-order chi connectivity index (χ1) is 10.9. The van der Waals surface area contributed by atoms with Gasteiger partial charge in [0, 0.05) is 5.69 Å². The average molecular weight is 311 g/mol. The first-order valence-corrected chi connectivity index (χ1v) is 8.06. The summed E-state index contributed by atoms with van der Waals surface area (Å²) in [7, 11) is 0. The molecule has 1 atom stereocenters. The van der Waals surface area contributed by atoms with Gasteiger partial charge in [0.25, 0.3) is 0 Å². The van der Waals surface area contributed by atoms with Crippen molar-refractivity contribution in [3.8, 4) is 5.75 Å². The number of benzene rings is 2. The van der Waals surface area contributed by atoms with Crippen molar-refractivity contribution in [3.63, 3.8) is 0 Å². The number of rotatable bonds is 5. The summed E-state index contributed by atoms with van der Waals surface area (Å²) in [6.45, 7) is 8.16. The second kappa shape index (κ2) is 7.32. The highest BCUT2D eigenvalue weighted by atomic mass is 16.3. The summed E-state index contributed by atoms with van der Waals surface area (Å²) in [6.07, 6.45) is 1.05. The highest BCUT2D eigenvalue weighted by molar-refractivity contribution is 5.96. The third-order valence-corrected chi connectivity index (χ3v) is 3.98. The molecule has 2 aromatic carbocycles. The van der Waals surface area contributed by atoms with Crippen LogP contribution in [0.25, 0.3) is 0 Å². The molecular weight excluding hydrogens is 286 g/mol. The van der Waals surface area contributed by atoms with Gasteiger partial charge in [0.15, 0.2) is 0 Å². The van der Waals surface area contributed by atoms with E-state index in [-0.39, 0.29) is 17.6 Å². The van der Waals surface area contributed by atoms with E-state index in [1.807, 2.05) is 26.0 Å². The molecule has 0 aliphatic rings. The van der Waals surface area contributed by atoms with Gasteiger partial charge in [-0.2, -0.15) is 0 Å². The normalized spacial score (nSPS) is 12.2. The summed E-state index contributed by atoms with van der Waals surface area (Å²) >= 11 is 0. The molecule has 2 rings (SSSR count). The number of hydrogen-bond acceptors (Lipinski definition) is 2. The summed E-state index contributed by atoms with van der Waals surface area (Å²) in [5.74, 6) is 0.556. The second-order valence-electron chi connectivity index (χ2n) is 6.55. The van der Waals surface area contributed by atoms with Crippen LogP contribution in [0.15, 0.2) is 42.5 Å². The van der Waals surface area contributed by atoms with E-state index in [1.165, 1.54) is 5.56 Å². The zero-order valence-corrected chi connectivity index (χ0v) is 14.3. The SMILES string of the molecule is Cc1cc(O)ccc1NC(=O)[C@@H](C)c1ccc(CC(C)C)cc1. The molecule has 2 aromatic rings. The van der Waals surface area contributed by atoms with E-state index in [0.29, 0.717) is 5.92 Å². The van der Waals surface area contributed by atoms with Crippen molar-refractivity contribution >= 4 is 11.6 Å². The Balaban J connectivity index is 2.07. The van der Waals surface area contributed by atoms with Crippen LogP contribution in [0.1, 0.15) is 43.4 Å². The fourth-order valence-electron chi connectivity index (χ4n) is 2.59. The fourth-order valence-corrected chi connectivity index (χ4v) is 2.59. The number of phenols is 1. The van der Waals surface area contributed by atoms with Crippen LogP contribution >= 0.6 is 0 Å². The molecule has 0 fully saturated rings. The van der Waals surface area contributed by atoms with Gasteiger partial charge in [-0.3, -0.25) is 4.79 Å². The van der Waals surface area contributed by atoms with Gasteiger partial charge in [-0.1, -0.05) is 38.1 Å². The Morgan fingerprint density at radius 3 is 2.30 bits per heavy atom. The van der Waals surface area contributed by atoms with Crippen molar-refractivity contribution in [1.82, 2.24) is 0 Å². The molecule has 0 saturated heterocycles. The maximum absolute atomic E-state index is 12.4. The minimum absolute atomic E-state index is 0.0459. The Morgan fingerprint density at radius 1 is 1.09 bits per heavy atom. The first kappa shape index (κ1) is 17.1. The van der Waals surface area contributed by atoms with Gasteiger partial charge in [0.1, 0.15) is 5.75 Å². The van der Waals surface area contributed by atoms with Crippen LogP contribution in [0.4, 0.5) is 5.69 Å². The lowest BCUT2D eigenvalue weighted by atomic mass is 9.96. The lowest BCUT2D eigenvalue weighted by molar-refractivity contribution is -0.117. The van der Waals surface area contributed by atoms with Gasteiger partial charge in [0.2, 0.25) is 5.91 Å². The van der Waals surface area contributed by atoms with Crippen LogP contribution in [-0.2, 0) is 11.2 Å². The number of aromatic hydroxyl groups is 1. The summed E-state index contributed by atoms with van der Waals surface area (Å²) in [6, 6.07) is 13.2. The van der Waals surface area contributed by atoms with Gasteiger partial charge in [-0.15, -0.1) is 0 Å². The van der Waals surface area contributed by atoms with Crippen molar-refractivity contribution in [3.05, 3.63) is 59.2 Å². The first-order valence-electron chi connectivity index (χ1n) is 8.06. The van der Waals surface area contributed by atoms with Crippen LogP contribution < -0.4 is 5.32 Å². The fraction of sp³-hybridized carbons (Fsp3) is 0.350. The van der Waals surface area contributed by atoms with Crippen LogP contribution in [0, 0.1) is 12.8 Å². The summed E-state index contributed by atoms with van der Waals surface area (Å²) in [5, 5.41) is 12.4. The van der Waals surface area contributed by atoms with E-state index in [9.17, 15) is 9.90 Å². The Labute approximate surface area is 138 Å². The number of anilines is 1.